The van der Waals surface area contributed by atoms with E-state index in [-0.39, 0.29) is 5.91 Å². The van der Waals surface area contributed by atoms with Gasteiger partial charge in [0.05, 0.1) is 5.56 Å². The molecule has 6 heteroatoms. The van der Waals surface area contributed by atoms with Crippen molar-refractivity contribution in [1.29, 1.82) is 0 Å². The topological polar surface area (TPSA) is 58.1 Å². The third kappa shape index (κ3) is 2.71. The van der Waals surface area contributed by atoms with E-state index in [0.29, 0.717) is 11.4 Å². The lowest BCUT2D eigenvalue weighted by Gasteiger charge is -2.27. The zero-order valence-electron chi connectivity index (χ0n) is 12.5. The average Bonchev–Trinajstić information content (AvgIpc) is 3.06. The molecule has 0 aliphatic carbocycles. The fraction of sp³-hybridized carbons (Fsp3) is 0.235. The van der Waals surface area contributed by atoms with E-state index in [1.165, 1.54) is 4.70 Å². The van der Waals surface area contributed by atoms with E-state index in [2.05, 4.69) is 32.8 Å². The van der Waals surface area contributed by atoms with Crippen LogP contribution in [0.25, 0.3) is 21.5 Å². The summed E-state index contributed by atoms with van der Waals surface area (Å²) in [5.74, 6) is 0.674. The van der Waals surface area contributed by atoms with Crippen molar-refractivity contribution in [3.63, 3.8) is 0 Å². The minimum atomic E-state index is 0.00762. The Labute approximate surface area is 138 Å². The second-order valence-electron chi connectivity index (χ2n) is 5.48. The number of thiophene rings is 1. The van der Waals surface area contributed by atoms with E-state index in [1.54, 1.807) is 23.7 Å². The van der Waals surface area contributed by atoms with Crippen molar-refractivity contribution in [1.82, 2.24) is 20.2 Å². The molecule has 2 aromatic heterocycles. The highest BCUT2D eigenvalue weighted by Gasteiger charge is 2.19. The Morgan fingerprint density at radius 2 is 1.87 bits per heavy atom. The number of hydrogen-bond donors (Lipinski definition) is 1. The molecule has 5 nitrogen and oxygen atoms in total. The first kappa shape index (κ1) is 14.3. The summed E-state index contributed by atoms with van der Waals surface area (Å²) < 4.78 is 1.21. The van der Waals surface area contributed by atoms with E-state index < -0.39 is 0 Å². The number of amides is 1. The summed E-state index contributed by atoms with van der Waals surface area (Å²) >= 11 is 1.68. The third-order valence-corrected chi connectivity index (χ3v) is 4.99. The molecule has 1 N–H and O–H groups in total. The molecular weight excluding hydrogens is 308 g/mol. The molecule has 3 heterocycles. The Bertz CT molecular complexity index is 837. The summed E-state index contributed by atoms with van der Waals surface area (Å²) in [5.41, 5.74) is 1.57. The highest BCUT2D eigenvalue weighted by atomic mass is 32.1. The lowest BCUT2D eigenvalue weighted by atomic mass is 10.1. The molecule has 1 amide bonds. The molecule has 0 radical (unpaired) electrons. The van der Waals surface area contributed by atoms with Crippen molar-refractivity contribution in [3.05, 3.63) is 47.6 Å². The molecule has 23 heavy (non-hydrogen) atoms. The highest BCUT2D eigenvalue weighted by Crippen LogP contribution is 2.31. The standard InChI is InChI=1S/C17H16N4OS/c22-17(21-7-5-18-6-8-21)12-9-19-16(20-10-12)14-11-23-15-4-2-1-3-13(14)15/h1-4,9-11,18H,5-8H2. The summed E-state index contributed by atoms with van der Waals surface area (Å²) in [6, 6.07) is 8.20. The van der Waals surface area contributed by atoms with Crippen molar-refractivity contribution < 1.29 is 4.79 Å². The molecule has 3 aromatic rings. The molecule has 0 unspecified atom stereocenters. The van der Waals surface area contributed by atoms with Gasteiger partial charge in [0, 0.05) is 59.6 Å². The lowest BCUT2D eigenvalue weighted by Crippen LogP contribution is -2.46. The van der Waals surface area contributed by atoms with Crippen LogP contribution in [0.4, 0.5) is 0 Å². The van der Waals surface area contributed by atoms with Gasteiger partial charge in [0.25, 0.3) is 5.91 Å². The molecule has 1 saturated heterocycles. The predicted octanol–water partition coefficient (Wildman–Crippen LogP) is 2.40. The van der Waals surface area contributed by atoms with Gasteiger partial charge in [-0.3, -0.25) is 4.79 Å². The molecule has 1 aliphatic rings. The van der Waals surface area contributed by atoms with Gasteiger partial charge in [-0.1, -0.05) is 18.2 Å². The van der Waals surface area contributed by atoms with Crippen LogP contribution in [0.5, 0.6) is 0 Å². The number of fused-ring (bicyclic) bond motifs is 1. The largest absolute Gasteiger partial charge is 0.336 e. The van der Waals surface area contributed by atoms with Gasteiger partial charge in [-0.2, -0.15) is 0 Å². The van der Waals surface area contributed by atoms with Crippen molar-refractivity contribution >= 4 is 27.3 Å². The van der Waals surface area contributed by atoms with Crippen LogP contribution < -0.4 is 5.32 Å². The number of carbonyl (C=O) groups excluding carboxylic acids is 1. The summed E-state index contributed by atoms with van der Waals surface area (Å²) in [7, 11) is 0. The molecule has 1 fully saturated rings. The molecule has 1 aliphatic heterocycles. The second-order valence-corrected chi connectivity index (χ2v) is 6.39. The Morgan fingerprint density at radius 3 is 2.65 bits per heavy atom. The molecule has 0 spiro atoms. The van der Waals surface area contributed by atoms with Gasteiger partial charge in [-0.25, -0.2) is 9.97 Å². The Kier molecular flexibility index (Phi) is 3.77. The molecule has 1 aromatic carbocycles. The first-order chi connectivity index (χ1) is 11.3. The van der Waals surface area contributed by atoms with E-state index in [1.807, 2.05) is 17.0 Å². The minimum Gasteiger partial charge on any atom is -0.336 e. The summed E-state index contributed by atoms with van der Waals surface area (Å²) in [5, 5.41) is 6.46. The number of aromatic nitrogens is 2. The second kappa shape index (κ2) is 6.06. The SMILES string of the molecule is O=C(c1cnc(-c2csc3ccccc23)nc1)N1CCNCC1. The average molecular weight is 324 g/mol. The maximum atomic E-state index is 12.4. The highest BCUT2D eigenvalue weighted by molar-refractivity contribution is 7.17. The monoisotopic (exact) mass is 324 g/mol. The molecule has 0 saturated carbocycles. The van der Waals surface area contributed by atoms with E-state index >= 15 is 0 Å². The number of hydrogen-bond acceptors (Lipinski definition) is 5. The zero-order chi connectivity index (χ0) is 15.6. The Balaban J connectivity index is 1.61. The normalized spacial score (nSPS) is 15.0. The predicted molar refractivity (Wildman–Crippen MR) is 91.6 cm³/mol. The number of carbonyl (C=O) groups is 1. The molecule has 0 bridgehead atoms. The molecule has 116 valence electrons. The Hall–Kier alpha value is -2.31. The molecule has 0 atom stereocenters. The number of piperazine rings is 1. The van der Waals surface area contributed by atoms with Gasteiger partial charge < -0.3 is 10.2 Å². The van der Waals surface area contributed by atoms with E-state index in [9.17, 15) is 4.79 Å². The van der Waals surface area contributed by atoms with Gasteiger partial charge in [0.2, 0.25) is 0 Å². The smallest absolute Gasteiger partial charge is 0.257 e. The van der Waals surface area contributed by atoms with Gasteiger partial charge in [0.1, 0.15) is 0 Å². The van der Waals surface area contributed by atoms with Crippen LogP contribution in [0, 0.1) is 0 Å². The lowest BCUT2D eigenvalue weighted by molar-refractivity contribution is 0.0735. The zero-order valence-corrected chi connectivity index (χ0v) is 13.3. The number of rotatable bonds is 2. The molecular formula is C17H16N4OS. The van der Waals surface area contributed by atoms with Crippen molar-refractivity contribution in [2.75, 3.05) is 26.2 Å². The van der Waals surface area contributed by atoms with Gasteiger partial charge in [0.15, 0.2) is 5.82 Å². The fourth-order valence-corrected chi connectivity index (χ4v) is 3.72. The van der Waals surface area contributed by atoms with Crippen LogP contribution in [-0.2, 0) is 0 Å². The van der Waals surface area contributed by atoms with Crippen LogP contribution in [-0.4, -0.2) is 47.0 Å². The van der Waals surface area contributed by atoms with Gasteiger partial charge in [-0.15, -0.1) is 11.3 Å². The van der Waals surface area contributed by atoms with Crippen LogP contribution in [0.3, 0.4) is 0 Å². The fourth-order valence-electron chi connectivity index (χ4n) is 2.78. The summed E-state index contributed by atoms with van der Waals surface area (Å²) in [4.78, 5) is 23.1. The minimum absolute atomic E-state index is 0.00762. The summed E-state index contributed by atoms with van der Waals surface area (Å²) in [6.07, 6.45) is 3.28. The third-order valence-electron chi connectivity index (χ3n) is 4.02. The van der Waals surface area contributed by atoms with Crippen LogP contribution in [0.15, 0.2) is 42.0 Å². The van der Waals surface area contributed by atoms with Crippen molar-refractivity contribution in [3.8, 4) is 11.4 Å². The van der Waals surface area contributed by atoms with Crippen molar-refractivity contribution in [2.45, 2.75) is 0 Å². The first-order valence-corrected chi connectivity index (χ1v) is 8.49. The van der Waals surface area contributed by atoms with E-state index in [4.69, 9.17) is 0 Å². The summed E-state index contributed by atoms with van der Waals surface area (Å²) in [6.45, 7) is 3.14. The quantitative estimate of drug-likeness (QED) is 0.786. The van der Waals surface area contributed by atoms with E-state index in [0.717, 1.165) is 37.1 Å². The number of benzene rings is 1. The molecule has 4 rings (SSSR count). The maximum absolute atomic E-state index is 12.4. The number of nitrogens with one attached hydrogen (secondary N) is 1. The van der Waals surface area contributed by atoms with Crippen LogP contribution in [0.1, 0.15) is 10.4 Å². The maximum Gasteiger partial charge on any atom is 0.257 e. The number of nitrogens with zero attached hydrogens (tertiary/aromatic N) is 3. The van der Waals surface area contributed by atoms with Crippen LogP contribution in [0.2, 0.25) is 0 Å². The van der Waals surface area contributed by atoms with Gasteiger partial charge in [-0.05, 0) is 6.07 Å². The van der Waals surface area contributed by atoms with Crippen LogP contribution >= 0.6 is 11.3 Å². The first-order valence-electron chi connectivity index (χ1n) is 7.61. The van der Waals surface area contributed by atoms with Crippen molar-refractivity contribution in [2.24, 2.45) is 0 Å². The Morgan fingerprint density at radius 1 is 1.13 bits per heavy atom. The van der Waals surface area contributed by atoms with Gasteiger partial charge >= 0.3 is 0 Å².